The van der Waals surface area contributed by atoms with Crippen LogP contribution in [0.4, 0.5) is 0 Å². The van der Waals surface area contributed by atoms with Crippen molar-refractivity contribution < 1.29 is 19.0 Å². The van der Waals surface area contributed by atoms with E-state index in [0.29, 0.717) is 22.8 Å². The molecular formula is C16H17ClO4. The summed E-state index contributed by atoms with van der Waals surface area (Å²) in [6, 6.07) is 15.0. The van der Waals surface area contributed by atoms with Gasteiger partial charge in [0.15, 0.2) is 11.5 Å². The van der Waals surface area contributed by atoms with Crippen molar-refractivity contribution in [3.05, 3.63) is 54.1 Å². The first-order valence-electron chi connectivity index (χ1n) is 6.13. The van der Waals surface area contributed by atoms with Crippen LogP contribution in [0.1, 0.15) is 10.4 Å². The third-order valence-electron chi connectivity index (χ3n) is 2.56. The van der Waals surface area contributed by atoms with E-state index in [-0.39, 0.29) is 0 Å². The third-order valence-corrected chi connectivity index (χ3v) is 2.78. The predicted octanol–water partition coefficient (Wildman–Crippen LogP) is 3.78. The number of carbonyl (C=O) groups is 1. The largest absolute Gasteiger partial charge is 0.493 e. The molecule has 0 atom stereocenters. The maximum absolute atomic E-state index is 11.0. The van der Waals surface area contributed by atoms with E-state index in [4.69, 9.17) is 25.8 Å². The molecule has 0 heterocycles. The van der Waals surface area contributed by atoms with Gasteiger partial charge in [0, 0.05) is 5.56 Å². The van der Waals surface area contributed by atoms with Crippen LogP contribution < -0.4 is 14.2 Å². The van der Waals surface area contributed by atoms with Gasteiger partial charge < -0.3 is 14.2 Å². The first-order chi connectivity index (χ1) is 10.1. The van der Waals surface area contributed by atoms with Crippen molar-refractivity contribution in [1.29, 1.82) is 0 Å². The molecule has 2 aromatic carbocycles. The van der Waals surface area contributed by atoms with Crippen LogP contribution in [-0.2, 0) is 0 Å². The molecule has 0 saturated carbocycles. The van der Waals surface area contributed by atoms with Crippen molar-refractivity contribution in [1.82, 2.24) is 0 Å². The Morgan fingerprint density at radius 2 is 1.19 bits per heavy atom. The minimum absolute atomic E-state index is 0.297. The zero-order chi connectivity index (χ0) is 15.7. The van der Waals surface area contributed by atoms with E-state index < -0.39 is 5.24 Å². The number of hydrogen-bond acceptors (Lipinski definition) is 4. The van der Waals surface area contributed by atoms with Crippen LogP contribution in [0.25, 0.3) is 0 Å². The van der Waals surface area contributed by atoms with Gasteiger partial charge in [-0.25, -0.2) is 0 Å². The predicted molar refractivity (Wildman–Crippen MR) is 82.7 cm³/mol. The molecule has 0 aromatic heterocycles. The molecule has 0 unspecified atom stereocenters. The van der Waals surface area contributed by atoms with E-state index in [9.17, 15) is 4.79 Å². The van der Waals surface area contributed by atoms with Crippen molar-refractivity contribution in [3.8, 4) is 17.2 Å². The summed E-state index contributed by atoms with van der Waals surface area (Å²) in [7, 11) is 4.43. The van der Waals surface area contributed by atoms with Gasteiger partial charge in [0.1, 0.15) is 0 Å². The van der Waals surface area contributed by atoms with Gasteiger partial charge in [-0.2, -0.15) is 0 Å². The Bertz CT molecular complexity index is 518. The van der Waals surface area contributed by atoms with Crippen LogP contribution in [-0.4, -0.2) is 26.6 Å². The van der Waals surface area contributed by atoms with Crippen LogP contribution in [0.2, 0.25) is 0 Å². The molecule has 2 rings (SSSR count). The molecule has 0 aliphatic heterocycles. The van der Waals surface area contributed by atoms with Crippen molar-refractivity contribution in [2.75, 3.05) is 21.3 Å². The molecule has 5 heteroatoms. The van der Waals surface area contributed by atoms with Gasteiger partial charge in [0.05, 0.1) is 21.3 Å². The molecule has 0 saturated heterocycles. The molecule has 0 spiro atoms. The topological polar surface area (TPSA) is 44.8 Å². The summed E-state index contributed by atoms with van der Waals surface area (Å²) in [5.74, 6) is 1.24. The van der Waals surface area contributed by atoms with Crippen molar-refractivity contribution in [2.24, 2.45) is 0 Å². The Kier molecular flexibility index (Phi) is 7.12. The van der Waals surface area contributed by atoms with Crippen molar-refractivity contribution in [2.45, 2.75) is 0 Å². The molecule has 21 heavy (non-hydrogen) atoms. The van der Waals surface area contributed by atoms with E-state index >= 15 is 0 Å². The van der Waals surface area contributed by atoms with Gasteiger partial charge in [-0.3, -0.25) is 4.79 Å². The summed E-state index contributed by atoms with van der Waals surface area (Å²) in [6.45, 7) is 0. The quantitative estimate of drug-likeness (QED) is 0.806. The molecule has 0 aliphatic carbocycles. The smallest absolute Gasteiger partial charge is 0.252 e. The maximum atomic E-state index is 11.0. The highest BCUT2D eigenvalue weighted by Gasteiger charge is 2.15. The number of benzene rings is 2. The number of methoxy groups -OCH3 is 3. The lowest BCUT2D eigenvalue weighted by molar-refractivity contribution is 0.108. The van der Waals surface area contributed by atoms with E-state index in [1.165, 1.54) is 33.5 Å². The minimum Gasteiger partial charge on any atom is -0.493 e. The van der Waals surface area contributed by atoms with Gasteiger partial charge in [-0.15, -0.1) is 0 Å². The van der Waals surface area contributed by atoms with E-state index in [0.717, 1.165) is 0 Å². The van der Waals surface area contributed by atoms with E-state index in [2.05, 4.69) is 0 Å². The van der Waals surface area contributed by atoms with Crippen LogP contribution in [0.3, 0.4) is 0 Å². The van der Waals surface area contributed by atoms with Crippen molar-refractivity contribution in [3.63, 3.8) is 0 Å². The fourth-order valence-corrected chi connectivity index (χ4v) is 1.69. The Labute approximate surface area is 129 Å². The average Bonchev–Trinajstić information content (AvgIpc) is 2.55. The molecule has 0 radical (unpaired) electrons. The fourth-order valence-electron chi connectivity index (χ4n) is 1.58. The van der Waals surface area contributed by atoms with E-state index in [1.54, 1.807) is 0 Å². The van der Waals surface area contributed by atoms with Gasteiger partial charge in [0.2, 0.25) is 5.75 Å². The molecule has 112 valence electrons. The second kappa shape index (κ2) is 8.87. The minimum atomic E-state index is -0.575. The highest BCUT2D eigenvalue weighted by Crippen LogP contribution is 2.38. The highest BCUT2D eigenvalue weighted by atomic mass is 35.5. The molecule has 2 aromatic rings. The number of halogens is 1. The number of hydrogen-bond donors (Lipinski definition) is 0. The summed E-state index contributed by atoms with van der Waals surface area (Å²) >= 11 is 5.37. The summed E-state index contributed by atoms with van der Waals surface area (Å²) in [6.07, 6.45) is 0. The average molecular weight is 309 g/mol. The Hall–Kier alpha value is -2.20. The Morgan fingerprint density at radius 3 is 1.43 bits per heavy atom. The van der Waals surface area contributed by atoms with Gasteiger partial charge in [-0.1, -0.05) is 36.4 Å². The lowest BCUT2D eigenvalue weighted by atomic mass is 10.2. The molecular weight excluding hydrogens is 292 g/mol. The Morgan fingerprint density at radius 1 is 0.810 bits per heavy atom. The molecule has 0 N–H and O–H groups in total. The first-order valence-corrected chi connectivity index (χ1v) is 6.51. The zero-order valence-electron chi connectivity index (χ0n) is 12.1. The number of rotatable bonds is 4. The summed E-state index contributed by atoms with van der Waals surface area (Å²) in [4.78, 5) is 11.0. The van der Waals surface area contributed by atoms with Crippen molar-refractivity contribution >= 4 is 16.8 Å². The SMILES string of the molecule is COc1cc(C(=O)Cl)cc(OC)c1OC.c1ccccc1. The third kappa shape index (κ3) is 5.00. The monoisotopic (exact) mass is 308 g/mol. The standard InChI is InChI=1S/C10H11ClO4.C6H6/c1-13-7-4-6(10(11)12)5-8(14-2)9(7)15-3;1-2-4-6-5-3-1/h4-5H,1-3H3;1-6H. The summed E-state index contributed by atoms with van der Waals surface area (Å²) in [5, 5.41) is -0.575. The lowest BCUT2D eigenvalue weighted by Crippen LogP contribution is -1.98. The lowest BCUT2D eigenvalue weighted by Gasteiger charge is -2.12. The normalized spacial score (nSPS) is 9.14. The molecule has 0 amide bonds. The molecule has 0 fully saturated rings. The van der Waals surface area contributed by atoms with Crippen LogP contribution in [0, 0.1) is 0 Å². The van der Waals surface area contributed by atoms with Gasteiger partial charge in [0.25, 0.3) is 5.24 Å². The molecule has 0 bridgehead atoms. The van der Waals surface area contributed by atoms with Crippen LogP contribution >= 0.6 is 11.6 Å². The molecule has 0 aliphatic rings. The van der Waals surface area contributed by atoms with Gasteiger partial charge >= 0.3 is 0 Å². The highest BCUT2D eigenvalue weighted by molar-refractivity contribution is 6.67. The first kappa shape index (κ1) is 16.9. The fraction of sp³-hybridized carbons (Fsp3) is 0.188. The number of carbonyl (C=O) groups excluding carboxylic acids is 1. The van der Waals surface area contributed by atoms with E-state index in [1.807, 2.05) is 36.4 Å². The Balaban J connectivity index is 0.000000304. The summed E-state index contributed by atoms with van der Waals surface area (Å²) in [5.41, 5.74) is 0.297. The maximum Gasteiger partial charge on any atom is 0.252 e. The summed E-state index contributed by atoms with van der Waals surface area (Å²) < 4.78 is 15.2. The second-order valence-electron chi connectivity index (χ2n) is 3.84. The number of ether oxygens (including phenoxy) is 3. The second-order valence-corrected chi connectivity index (χ2v) is 4.19. The van der Waals surface area contributed by atoms with Gasteiger partial charge in [-0.05, 0) is 23.7 Å². The van der Waals surface area contributed by atoms with Crippen LogP contribution in [0.15, 0.2) is 48.5 Å². The zero-order valence-corrected chi connectivity index (χ0v) is 12.9. The molecule has 4 nitrogen and oxygen atoms in total. The van der Waals surface area contributed by atoms with Crippen LogP contribution in [0.5, 0.6) is 17.2 Å².